The van der Waals surface area contributed by atoms with Crippen LogP contribution in [-0.2, 0) is 28.7 Å². The number of sulfonamides is 1. The molecular formula is C23H29N3O2S. The van der Waals surface area contributed by atoms with Crippen LogP contribution in [0.4, 0.5) is 0 Å². The van der Waals surface area contributed by atoms with Crippen molar-refractivity contribution in [2.45, 2.75) is 31.6 Å². The molecule has 0 bridgehead atoms. The van der Waals surface area contributed by atoms with Gasteiger partial charge in [-0.1, -0.05) is 36.4 Å². The van der Waals surface area contributed by atoms with Gasteiger partial charge >= 0.3 is 0 Å². The van der Waals surface area contributed by atoms with Gasteiger partial charge in [-0.2, -0.15) is 0 Å². The van der Waals surface area contributed by atoms with Crippen molar-refractivity contribution in [3.8, 4) is 0 Å². The summed E-state index contributed by atoms with van der Waals surface area (Å²) in [5.74, 6) is 0.0816. The molecule has 1 aliphatic rings. The van der Waals surface area contributed by atoms with Crippen LogP contribution >= 0.6 is 0 Å². The van der Waals surface area contributed by atoms with Crippen LogP contribution in [0.5, 0.6) is 0 Å². The molecule has 1 N–H and O–H groups in total. The lowest BCUT2D eigenvalue weighted by Crippen LogP contribution is -2.29. The first kappa shape index (κ1) is 20.1. The van der Waals surface area contributed by atoms with Crippen molar-refractivity contribution >= 4 is 20.9 Å². The van der Waals surface area contributed by atoms with Crippen LogP contribution in [0.3, 0.4) is 0 Å². The molecule has 0 aliphatic carbocycles. The number of hydrogen-bond acceptors (Lipinski definition) is 3. The van der Waals surface area contributed by atoms with Crippen LogP contribution in [0, 0.1) is 0 Å². The van der Waals surface area contributed by atoms with Crippen LogP contribution in [0.25, 0.3) is 10.9 Å². The molecule has 29 heavy (non-hydrogen) atoms. The summed E-state index contributed by atoms with van der Waals surface area (Å²) < 4.78 is 29.4. The maximum atomic E-state index is 12.8. The van der Waals surface area contributed by atoms with Gasteiger partial charge in [-0.05, 0) is 61.7 Å². The van der Waals surface area contributed by atoms with Gasteiger partial charge in [-0.3, -0.25) is 0 Å². The quantitative estimate of drug-likeness (QED) is 0.618. The van der Waals surface area contributed by atoms with Crippen LogP contribution in [-0.4, -0.2) is 44.0 Å². The Bertz CT molecular complexity index is 1070. The molecule has 0 atom stereocenters. The Morgan fingerprint density at radius 2 is 1.76 bits per heavy atom. The van der Waals surface area contributed by atoms with Gasteiger partial charge in [0.25, 0.3) is 0 Å². The first-order chi connectivity index (χ1) is 14.1. The minimum atomic E-state index is -3.24. The normalized spacial score (nSPS) is 15.3. The molecule has 3 aromatic rings. The van der Waals surface area contributed by atoms with E-state index in [1.165, 1.54) is 11.1 Å². The zero-order valence-corrected chi connectivity index (χ0v) is 17.8. The highest BCUT2D eigenvalue weighted by atomic mass is 32.2. The van der Waals surface area contributed by atoms with Gasteiger partial charge < -0.3 is 9.88 Å². The smallest absolute Gasteiger partial charge is 0.218 e. The number of hydrogen-bond donors (Lipinski definition) is 1. The molecular weight excluding hydrogens is 382 g/mol. The maximum Gasteiger partial charge on any atom is 0.218 e. The van der Waals surface area contributed by atoms with Crippen molar-refractivity contribution in [2.75, 3.05) is 26.7 Å². The van der Waals surface area contributed by atoms with Crippen molar-refractivity contribution in [3.63, 3.8) is 0 Å². The lowest BCUT2D eigenvalue weighted by Gasteiger charge is -2.15. The van der Waals surface area contributed by atoms with Crippen LogP contribution in [0.15, 0.2) is 54.7 Å². The molecule has 5 nitrogen and oxygen atoms in total. The van der Waals surface area contributed by atoms with E-state index >= 15 is 0 Å². The van der Waals surface area contributed by atoms with E-state index in [1.807, 2.05) is 19.2 Å². The second-order valence-electron chi connectivity index (χ2n) is 7.84. The molecule has 0 amide bonds. The molecule has 6 heteroatoms. The Kier molecular flexibility index (Phi) is 6.04. The predicted octanol–water partition coefficient (Wildman–Crippen LogP) is 3.38. The molecule has 1 aliphatic heterocycles. The lowest BCUT2D eigenvalue weighted by molar-refractivity contribution is 0.476. The van der Waals surface area contributed by atoms with Gasteiger partial charge in [0.05, 0.1) is 5.75 Å². The molecule has 1 fully saturated rings. The number of rotatable bonds is 8. The number of fused-ring (bicyclic) bond motifs is 1. The largest absolute Gasteiger partial charge is 0.343 e. The molecule has 0 unspecified atom stereocenters. The van der Waals surface area contributed by atoms with Gasteiger partial charge in [0, 0.05) is 36.7 Å². The molecule has 4 rings (SSSR count). The van der Waals surface area contributed by atoms with Crippen molar-refractivity contribution in [3.05, 3.63) is 71.4 Å². The molecule has 2 heterocycles. The van der Waals surface area contributed by atoms with Crippen LogP contribution < -0.4 is 5.32 Å². The van der Waals surface area contributed by atoms with Crippen molar-refractivity contribution < 1.29 is 8.42 Å². The fourth-order valence-corrected chi connectivity index (χ4v) is 5.74. The zero-order valence-electron chi connectivity index (χ0n) is 17.0. The minimum absolute atomic E-state index is 0.0816. The highest BCUT2D eigenvalue weighted by Crippen LogP contribution is 2.26. The Balaban J connectivity index is 1.66. The second kappa shape index (κ2) is 8.69. The average Bonchev–Trinajstić information content (AvgIpc) is 3.36. The molecule has 2 aromatic carbocycles. The van der Waals surface area contributed by atoms with Crippen LogP contribution in [0.1, 0.15) is 29.5 Å². The Morgan fingerprint density at radius 3 is 2.48 bits per heavy atom. The molecule has 0 spiro atoms. The summed E-state index contributed by atoms with van der Waals surface area (Å²) in [4.78, 5) is 0. The summed E-state index contributed by atoms with van der Waals surface area (Å²) in [5.41, 5.74) is 4.53. The fourth-order valence-electron chi connectivity index (χ4n) is 4.15. The third kappa shape index (κ3) is 4.55. The monoisotopic (exact) mass is 411 g/mol. The van der Waals surface area contributed by atoms with Crippen molar-refractivity contribution in [2.24, 2.45) is 0 Å². The Hall–Kier alpha value is -2.15. The van der Waals surface area contributed by atoms with Crippen LogP contribution in [0.2, 0.25) is 0 Å². The fraction of sp³-hybridized carbons (Fsp3) is 0.391. The molecule has 1 saturated heterocycles. The number of nitrogens with one attached hydrogen (secondary N) is 1. The summed E-state index contributed by atoms with van der Waals surface area (Å²) in [7, 11) is -1.28. The van der Waals surface area contributed by atoms with Crippen molar-refractivity contribution in [1.29, 1.82) is 0 Å². The Morgan fingerprint density at radius 1 is 1.00 bits per heavy atom. The standard InChI is InChI=1S/C23H29N3O2S/c1-24-12-11-21-17-25(16-19-7-3-2-4-8-19)23-10-9-20(15-22(21)23)18-29(27,28)26-13-5-6-14-26/h2-4,7-10,15,17,24H,5-6,11-14,16,18H2,1H3. The van der Waals surface area contributed by atoms with Gasteiger partial charge in [0.15, 0.2) is 0 Å². The third-order valence-corrected chi connectivity index (χ3v) is 7.53. The second-order valence-corrected chi connectivity index (χ2v) is 9.80. The van der Waals surface area contributed by atoms with Gasteiger partial charge in [0.1, 0.15) is 0 Å². The van der Waals surface area contributed by atoms with E-state index in [9.17, 15) is 8.42 Å². The van der Waals surface area contributed by atoms with E-state index in [0.29, 0.717) is 13.1 Å². The topological polar surface area (TPSA) is 54.3 Å². The highest BCUT2D eigenvalue weighted by Gasteiger charge is 2.25. The summed E-state index contributed by atoms with van der Waals surface area (Å²) in [6, 6.07) is 16.5. The highest BCUT2D eigenvalue weighted by molar-refractivity contribution is 7.88. The SMILES string of the molecule is CNCCc1cn(Cc2ccccc2)c2ccc(CS(=O)(=O)N3CCCC3)cc12. The first-order valence-corrected chi connectivity index (χ1v) is 11.9. The molecule has 154 valence electrons. The lowest BCUT2D eigenvalue weighted by atomic mass is 10.1. The average molecular weight is 412 g/mol. The summed E-state index contributed by atoms with van der Waals surface area (Å²) in [6.07, 6.45) is 5.06. The first-order valence-electron chi connectivity index (χ1n) is 10.3. The zero-order chi connectivity index (χ0) is 20.3. The molecule has 0 saturated carbocycles. The molecule has 1 aromatic heterocycles. The van der Waals surface area contributed by atoms with Crippen molar-refractivity contribution in [1.82, 2.24) is 14.2 Å². The Labute approximate surface area is 173 Å². The number of benzene rings is 2. The number of likely N-dealkylation sites (N-methyl/N-ethyl adjacent to an activating group) is 1. The predicted molar refractivity (Wildman–Crippen MR) is 119 cm³/mol. The van der Waals surface area contributed by atoms with E-state index in [0.717, 1.165) is 48.8 Å². The van der Waals surface area contributed by atoms with Gasteiger partial charge in [-0.25, -0.2) is 12.7 Å². The summed E-state index contributed by atoms with van der Waals surface area (Å²) >= 11 is 0. The van der Waals surface area contributed by atoms with Gasteiger partial charge in [-0.15, -0.1) is 0 Å². The van der Waals surface area contributed by atoms with E-state index in [-0.39, 0.29) is 5.75 Å². The molecule has 0 radical (unpaired) electrons. The third-order valence-electron chi connectivity index (χ3n) is 5.68. The van der Waals surface area contributed by atoms with E-state index < -0.39 is 10.0 Å². The summed E-state index contributed by atoms with van der Waals surface area (Å²) in [5, 5.41) is 4.38. The summed E-state index contributed by atoms with van der Waals surface area (Å²) in [6.45, 7) is 3.01. The van der Waals surface area contributed by atoms with Gasteiger partial charge in [0.2, 0.25) is 10.0 Å². The van der Waals surface area contributed by atoms with E-state index in [1.54, 1.807) is 4.31 Å². The minimum Gasteiger partial charge on any atom is -0.343 e. The number of aromatic nitrogens is 1. The van der Waals surface area contributed by atoms with E-state index in [2.05, 4.69) is 52.5 Å². The number of nitrogens with zero attached hydrogens (tertiary/aromatic N) is 2. The van der Waals surface area contributed by atoms with E-state index in [4.69, 9.17) is 0 Å². The maximum absolute atomic E-state index is 12.8.